The van der Waals surface area contributed by atoms with Crippen LogP contribution in [0.15, 0.2) is 12.1 Å². The molecule has 1 rings (SSSR count). The van der Waals surface area contributed by atoms with Crippen LogP contribution in [-0.2, 0) is 0 Å². The fourth-order valence-electron chi connectivity index (χ4n) is 1.26. The third-order valence-electron chi connectivity index (χ3n) is 1.76. The molecule has 0 aliphatic rings. The van der Waals surface area contributed by atoms with Gasteiger partial charge in [-0.2, -0.15) is 0 Å². The third-order valence-corrected chi connectivity index (χ3v) is 1.76. The summed E-state index contributed by atoms with van der Waals surface area (Å²) in [7, 11) is 0. The largest absolute Gasteiger partial charge is 0.490 e. The van der Waals surface area contributed by atoms with Gasteiger partial charge < -0.3 is 14.2 Å². The molecule has 3 heteroatoms. The smallest absolute Gasteiger partial charge is 0.203 e. The van der Waals surface area contributed by atoms with Gasteiger partial charge in [0.25, 0.3) is 0 Å². The summed E-state index contributed by atoms with van der Waals surface area (Å²) in [5.74, 6) is 2.04. The Hall–Kier alpha value is -1.38. The van der Waals surface area contributed by atoms with E-state index in [1.807, 2.05) is 20.8 Å². The van der Waals surface area contributed by atoms with Crippen LogP contribution in [0.25, 0.3) is 0 Å². The van der Waals surface area contributed by atoms with Crippen molar-refractivity contribution in [3.05, 3.63) is 18.2 Å². The van der Waals surface area contributed by atoms with E-state index >= 15 is 0 Å². The number of rotatable bonds is 6. The molecule has 83 valence electrons. The molecule has 0 aromatic heterocycles. The lowest BCUT2D eigenvalue weighted by Crippen LogP contribution is -2.02. The van der Waals surface area contributed by atoms with E-state index in [-0.39, 0.29) is 0 Å². The zero-order valence-electron chi connectivity index (χ0n) is 9.50. The van der Waals surface area contributed by atoms with Crippen molar-refractivity contribution in [1.82, 2.24) is 0 Å². The van der Waals surface area contributed by atoms with Gasteiger partial charge in [0, 0.05) is 0 Å². The van der Waals surface area contributed by atoms with E-state index in [0.29, 0.717) is 37.1 Å². The first kappa shape index (κ1) is 11.7. The van der Waals surface area contributed by atoms with Crippen LogP contribution in [0, 0.1) is 6.07 Å². The molecule has 0 saturated heterocycles. The molecule has 3 nitrogen and oxygen atoms in total. The molecule has 0 saturated carbocycles. The summed E-state index contributed by atoms with van der Waals surface area (Å²) in [6.07, 6.45) is 0. The lowest BCUT2D eigenvalue weighted by atomic mass is 10.3. The van der Waals surface area contributed by atoms with Crippen LogP contribution in [-0.4, -0.2) is 19.8 Å². The average molecular weight is 209 g/mol. The number of hydrogen-bond donors (Lipinski definition) is 0. The zero-order valence-corrected chi connectivity index (χ0v) is 9.50. The van der Waals surface area contributed by atoms with Gasteiger partial charge in [-0.05, 0) is 39.0 Å². The molecule has 1 aromatic carbocycles. The average Bonchev–Trinajstić information content (AvgIpc) is 2.23. The van der Waals surface area contributed by atoms with Crippen LogP contribution in [0.2, 0.25) is 0 Å². The lowest BCUT2D eigenvalue weighted by Gasteiger charge is -2.14. The van der Waals surface area contributed by atoms with Crippen LogP contribution in [0.3, 0.4) is 0 Å². The van der Waals surface area contributed by atoms with Gasteiger partial charge in [-0.15, -0.1) is 0 Å². The summed E-state index contributed by atoms with van der Waals surface area (Å²) in [4.78, 5) is 0. The standard InChI is InChI=1S/C12H17O3/c1-4-13-10-8-7-9-11(14-5-2)12(10)15-6-3/h8-9H,4-6H2,1-3H3. The first-order valence-electron chi connectivity index (χ1n) is 5.25. The van der Waals surface area contributed by atoms with Gasteiger partial charge in [-0.25, -0.2) is 0 Å². The van der Waals surface area contributed by atoms with E-state index in [1.54, 1.807) is 12.1 Å². The Balaban J connectivity index is 2.97. The maximum atomic E-state index is 5.50. The topological polar surface area (TPSA) is 27.7 Å². The van der Waals surface area contributed by atoms with E-state index in [4.69, 9.17) is 14.2 Å². The molecular weight excluding hydrogens is 192 g/mol. The number of hydrogen-bond acceptors (Lipinski definition) is 3. The van der Waals surface area contributed by atoms with Gasteiger partial charge in [0.05, 0.1) is 19.8 Å². The summed E-state index contributed by atoms with van der Waals surface area (Å²) in [6, 6.07) is 6.49. The van der Waals surface area contributed by atoms with Crippen molar-refractivity contribution in [1.29, 1.82) is 0 Å². The molecule has 0 N–H and O–H groups in total. The van der Waals surface area contributed by atoms with Crippen LogP contribution in [0.4, 0.5) is 0 Å². The second kappa shape index (κ2) is 6.17. The Morgan fingerprint density at radius 2 is 1.33 bits per heavy atom. The first-order chi connectivity index (χ1) is 7.33. The van der Waals surface area contributed by atoms with Gasteiger partial charge in [0.1, 0.15) is 0 Å². The van der Waals surface area contributed by atoms with Crippen molar-refractivity contribution in [3.8, 4) is 17.2 Å². The molecule has 15 heavy (non-hydrogen) atoms. The highest BCUT2D eigenvalue weighted by Crippen LogP contribution is 2.36. The van der Waals surface area contributed by atoms with Crippen molar-refractivity contribution in [3.63, 3.8) is 0 Å². The van der Waals surface area contributed by atoms with E-state index < -0.39 is 0 Å². The minimum atomic E-state index is 0.587. The molecule has 0 amide bonds. The van der Waals surface area contributed by atoms with E-state index in [9.17, 15) is 0 Å². The van der Waals surface area contributed by atoms with E-state index in [1.165, 1.54) is 0 Å². The van der Waals surface area contributed by atoms with Crippen LogP contribution < -0.4 is 14.2 Å². The fourth-order valence-corrected chi connectivity index (χ4v) is 1.26. The van der Waals surface area contributed by atoms with Crippen LogP contribution in [0.1, 0.15) is 20.8 Å². The van der Waals surface area contributed by atoms with Crippen LogP contribution >= 0.6 is 0 Å². The van der Waals surface area contributed by atoms with Crippen molar-refractivity contribution in [2.75, 3.05) is 19.8 Å². The zero-order chi connectivity index (χ0) is 11.1. The third kappa shape index (κ3) is 3.05. The Labute approximate surface area is 91.0 Å². The predicted molar refractivity (Wildman–Crippen MR) is 58.8 cm³/mol. The summed E-state index contributed by atoms with van der Waals surface area (Å²) in [5.41, 5.74) is 0. The molecule has 0 atom stereocenters. The van der Waals surface area contributed by atoms with Gasteiger partial charge in [0.2, 0.25) is 5.75 Å². The normalized spacial score (nSPS) is 9.80. The molecule has 0 spiro atoms. The van der Waals surface area contributed by atoms with Gasteiger partial charge in [-0.3, -0.25) is 0 Å². The van der Waals surface area contributed by atoms with Gasteiger partial charge in [-0.1, -0.05) is 0 Å². The van der Waals surface area contributed by atoms with Crippen molar-refractivity contribution < 1.29 is 14.2 Å². The van der Waals surface area contributed by atoms with E-state index in [0.717, 1.165) is 0 Å². The molecular formula is C12H17O3. The van der Waals surface area contributed by atoms with Gasteiger partial charge >= 0.3 is 0 Å². The molecule has 0 unspecified atom stereocenters. The SMILES string of the molecule is CCOc1c[c]cc(OCC)c1OCC. The molecule has 1 radical (unpaired) electrons. The fraction of sp³-hybridized carbons (Fsp3) is 0.500. The summed E-state index contributed by atoms with van der Waals surface area (Å²) >= 11 is 0. The van der Waals surface area contributed by atoms with E-state index in [2.05, 4.69) is 6.07 Å². The monoisotopic (exact) mass is 209 g/mol. The van der Waals surface area contributed by atoms with Crippen LogP contribution in [0.5, 0.6) is 17.2 Å². The molecule has 0 bridgehead atoms. The highest BCUT2D eigenvalue weighted by molar-refractivity contribution is 5.50. The Kier molecular flexibility index (Phi) is 4.81. The second-order valence-electron chi connectivity index (χ2n) is 2.81. The summed E-state index contributed by atoms with van der Waals surface area (Å²) in [6.45, 7) is 7.59. The molecule has 0 heterocycles. The summed E-state index contributed by atoms with van der Waals surface area (Å²) < 4.78 is 16.4. The quantitative estimate of drug-likeness (QED) is 0.721. The second-order valence-corrected chi connectivity index (χ2v) is 2.81. The first-order valence-corrected chi connectivity index (χ1v) is 5.25. The molecule has 0 aliphatic heterocycles. The van der Waals surface area contributed by atoms with Gasteiger partial charge in [0.15, 0.2) is 11.5 Å². The Morgan fingerprint density at radius 3 is 1.73 bits per heavy atom. The van der Waals surface area contributed by atoms with Crippen molar-refractivity contribution >= 4 is 0 Å². The van der Waals surface area contributed by atoms with Crippen molar-refractivity contribution in [2.24, 2.45) is 0 Å². The minimum Gasteiger partial charge on any atom is -0.490 e. The highest BCUT2D eigenvalue weighted by atomic mass is 16.5. The summed E-state index contributed by atoms with van der Waals surface area (Å²) in [5, 5.41) is 0. The minimum absolute atomic E-state index is 0.587. The predicted octanol–water partition coefficient (Wildman–Crippen LogP) is 2.68. The molecule has 1 aromatic rings. The lowest BCUT2D eigenvalue weighted by molar-refractivity contribution is 0.260. The molecule has 0 fully saturated rings. The maximum Gasteiger partial charge on any atom is 0.203 e. The number of ether oxygens (including phenoxy) is 3. The Bertz CT molecular complexity index is 273. The highest BCUT2D eigenvalue weighted by Gasteiger charge is 2.11. The molecule has 0 aliphatic carbocycles. The van der Waals surface area contributed by atoms with Crippen molar-refractivity contribution in [2.45, 2.75) is 20.8 Å². The maximum absolute atomic E-state index is 5.50. The Morgan fingerprint density at radius 1 is 0.867 bits per heavy atom. The number of benzene rings is 1.